The van der Waals surface area contributed by atoms with Crippen LogP contribution in [0, 0.1) is 0 Å². The number of furan rings is 2. The molecule has 3 aromatic carbocycles. The lowest BCUT2D eigenvalue weighted by Gasteiger charge is -2.10. The molecule has 5 heteroatoms. The van der Waals surface area contributed by atoms with Crippen LogP contribution < -0.4 is 10.1 Å². The van der Waals surface area contributed by atoms with Gasteiger partial charge in [-0.05, 0) is 53.1 Å². The highest BCUT2D eigenvalue weighted by Gasteiger charge is 2.15. The first-order valence-corrected chi connectivity index (χ1v) is 10.7. The molecule has 33 heavy (non-hydrogen) atoms. The standard InChI is InChI=1S/C28H23NO4/c1-18(12-28(30)29-16-22-8-5-11-32-22)23-14-24-25(17-33-27(24)15-26(23)31-2)21-10-9-19-6-3-4-7-20(19)13-21/h3-15,17H,16H2,1-2H3,(H,29,30)/b18-12+. The summed E-state index contributed by atoms with van der Waals surface area (Å²) in [5.74, 6) is 1.15. The summed E-state index contributed by atoms with van der Waals surface area (Å²) in [4.78, 5) is 12.5. The second kappa shape index (κ2) is 8.71. The molecule has 0 spiro atoms. The molecule has 164 valence electrons. The normalized spacial score (nSPS) is 11.8. The molecule has 1 amide bonds. The number of amides is 1. The molecule has 0 fully saturated rings. The van der Waals surface area contributed by atoms with Crippen LogP contribution >= 0.6 is 0 Å². The molecule has 1 N–H and O–H groups in total. The van der Waals surface area contributed by atoms with E-state index in [-0.39, 0.29) is 5.91 Å². The lowest BCUT2D eigenvalue weighted by Crippen LogP contribution is -2.20. The third-order valence-electron chi connectivity index (χ3n) is 5.75. The number of carbonyl (C=O) groups excluding carboxylic acids is 1. The van der Waals surface area contributed by atoms with E-state index in [1.165, 1.54) is 10.8 Å². The minimum Gasteiger partial charge on any atom is -0.496 e. The lowest BCUT2D eigenvalue weighted by atomic mass is 9.97. The molecule has 0 saturated carbocycles. The van der Waals surface area contributed by atoms with Gasteiger partial charge in [-0.1, -0.05) is 36.4 Å². The van der Waals surface area contributed by atoms with Crippen molar-refractivity contribution in [1.82, 2.24) is 5.32 Å². The van der Waals surface area contributed by atoms with E-state index in [1.54, 1.807) is 31.8 Å². The summed E-state index contributed by atoms with van der Waals surface area (Å²) in [6, 6.07) is 22.1. The van der Waals surface area contributed by atoms with E-state index in [0.717, 1.165) is 33.2 Å². The van der Waals surface area contributed by atoms with E-state index in [0.29, 0.717) is 18.1 Å². The van der Waals surface area contributed by atoms with Crippen LogP contribution in [0.4, 0.5) is 0 Å². The van der Waals surface area contributed by atoms with E-state index in [1.807, 2.05) is 37.3 Å². The van der Waals surface area contributed by atoms with Gasteiger partial charge in [0.15, 0.2) is 0 Å². The van der Waals surface area contributed by atoms with Gasteiger partial charge in [0.05, 0.1) is 26.2 Å². The highest BCUT2D eigenvalue weighted by molar-refractivity contribution is 6.01. The Morgan fingerprint density at radius 1 is 1.00 bits per heavy atom. The molecule has 0 radical (unpaired) electrons. The van der Waals surface area contributed by atoms with Gasteiger partial charge >= 0.3 is 0 Å². The van der Waals surface area contributed by atoms with E-state index in [4.69, 9.17) is 13.6 Å². The number of benzene rings is 3. The molecule has 0 saturated heterocycles. The zero-order chi connectivity index (χ0) is 22.8. The Bertz CT molecular complexity index is 1470. The van der Waals surface area contributed by atoms with Crippen LogP contribution in [0.25, 0.3) is 38.4 Å². The maximum absolute atomic E-state index is 12.5. The molecule has 5 aromatic rings. The SMILES string of the molecule is COc1cc2occ(-c3ccc4ccccc4c3)c2cc1/C(C)=C/C(=O)NCc1ccco1. The number of hydrogen-bond acceptors (Lipinski definition) is 4. The van der Waals surface area contributed by atoms with Crippen molar-refractivity contribution in [2.45, 2.75) is 13.5 Å². The Hall–Kier alpha value is -4.25. The predicted molar refractivity (Wildman–Crippen MR) is 130 cm³/mol. The summed E-state index contributed by atoms with van der Waals surface area (Å²) in [6.45, 7) is 2.23. The number of methoxy groups -OCH3 is 1. The molecule has 0 unspecified atom stereocenters. The van der Waals surface area contributed by atoms with E-state index in [9.17, 15) is 4.79 Å². The first-order chi connectivity index (χ1) is 16.1. The molecule has 2 heterocycles. The molecular weight excluding hydrogens is 414 g/mol. The van der Waals surface area contributed by atoms with Gasteiger partial charge in [0, 0.05) is 28.7 Å². The molecule has 0 aliphatic rings. The highest BCUT2D eigenvalue weighted by Crippen LogP contribution is 2.38. The maximum atomic E-state index is 12.5. The predicted octanol–water partition coefficient (Wildman–Crippen LogP) is 6.57. The van der Waals surface area contributed by atoms with Crippen molar-refractivity contribution in [2.75, 3.05) is 7.11 Å². The Morgan fingerprint density at radius 2 is 1.85 bits per heavy atom. The third kappa shape index (κ3) is 4.13. The summed E-state index contributed by atoms with van der Waals surface area (Å²) in [5.41, 5.74) is 4.42. The summed E-state index contributed by atoms with van der Waals surface area (Å²) >= 11 is 0. The first-order valence-electron chi connectivity index (χ1n) is 10.7. The van der Waals surface area contributed by atoms with Crippen molar-refractivity contribution in [3.05, 3.63) is 96.7 Å². The average Bonchev–Trinajstić information content (AvgIpc) is 3.51. The number of nitrogens with one attached hydrogen (secondary N) is 1. The summed E-state index contributed by atoms with van der Waals surface area (Å²) < 4.78 is 16.7. The Balaban J connectivity index is 1.51. The Kier molecular flexibility index (Phi) is 5.45. The molecular formula is C28H23NO4. The zero-order valence-corrected chi connectivity index (χ0v) is 18.4. The fraction of sp³-hybridized carbons (Fsp3) is 0.107. The fourth-order valence-electron chi connectivity index (χ4n) is 4.03. The fourth-order valence-corrected chi connectivity index (χ4v) is 4.03. The third-order valence-corrected chi connectivity index (χ3v) is 5.75. The number of rotatable bonds is 6. The summed E-state index contributed by atoms with van der Waals surface area (Å²) in [7, 11) is 1.61. The van der Waals surface area contributed by atoms with Crippen LogP contribution in [0.2, 0.25) is 0 Å². The lowest BCUT2D eigenvalue weighted by molar-refractivity contribution is -0.116. The molecule has 0 aliphatic heterocycles. The van der Waals surface area contributed by atoms with Gasteiger partial charge in [-0.3, -0.25) is 4.79 Å². The summed E-state index contributed by atoms with van der Waals surface area (Å²) in [6.07, 6.45) is 4.93. The second-order valence-electron chi connectivity index (χ2n) is 7.88. The van der Waals surface area contributed by atoms with Gasteiger partial charge in [-0.2, -0.15) is 0 Å². The van der Waals surface area contributed by atoms with Gasteiger partial charge in [-0.15, -0.1) is 0 Å². The van der Waals surface area contributed by atoms with Gasteiger partial charge in [0.2, 0.25) is 5.91 Å². The smallest absolute Gasteiger partial charge is 0.244 e. The largest absolute Gasteiger partial charge is 0.496 e. The minimum absolute atomic E-state index is 0.201. The Morgan fingerprint density at radius 3 is 2.64 bits per heavy atom. The van der Waals surface area contributed by atoms with Gasteiger partial charge in [0.1, 0.15) is 17.1 Å². The van der Waals surface area contributed by atoms with Gasteiger partial charge < -0.3 is 18.9 Å². The number of allylic oxidation sites excluding steroid dienone is 1. The van der Waals surface area contributed by atoms with Crippen LogP contribution in [0.15, 0.2) is 94.2 Å². The Labute approximate surface area is 191 Å². The topological polar surface area (TPSA) is 64.6 Å². The number of carbonyl (C=O) groups is 1. The molecule has 2 aromatic heterocycles. The van der Waals surface area contributed by atoms with E-state index in [2.05, 4.69) is 35.6 Å². The van der Waals surface area contributed by atoms with E-state index >= 15 is 0 Å². The second-order valence-corrected chi connectivity index (χ2v) is 7.88. The van der Waals surface area contributed by atoms with Gasteiger partial charge in [0.25, 0.3) is 0 Å². The van der Waals surface area contributed by atoms with Crippen LogP contribution in [-0.2, 0) is 11.3 Å². The molecule has 5 nitrogen and oxygen atoms in total. The van der Waals surface area contributed by atoms with Crippen LogP contribution in [0.1, 0.15) is 18.2 Å². The minimum atomic E-state index is -0.201. The van der Waals surface area contributed by atoms with Crippen LogP contribution in [0.5, 0.6) is 5.75 Å². The summed E-state index contributed by atoms with van der Waals surface area (Å²) in [5, 5.41) is 6.16. The van der Waals surface area contributed by atoms with Crippen molar-refractivity contribution >= 4 is 33.2 Å². The number of ether oxygens (including phenoxy) is 1. The van der Waals surface area contributed by atoms with Crippen molar-refractivity contribution in [3.63, 3.8) is 0 Å². The average molecular weight is 437 g/mol. The molecule has 0 aliphatic carbocycles. The highest BCUT2D eigenvalue weighted by atomic mass is 16.5. The molecule has 5 rings (SSSR count). The van der Waals surface area contributed by atoms with Crippen LogP contribution in [-0.4, -0.2) is 13.0 Å². The number of hydrogen-bond donors (Lipinski definition) is 1. The number of fused-ring (bicyclic) bond motifs is 2. The van der Waals surface area contributed by atoms with Crippen LogP contribution in [0.3, 0.4) is 0 Å². The van der Waals surface area contributed by atoms with Gasteiger partial charge in [-0.25, -0.2) is 0 Å². The molecule has 0 atom stereocenters. The van der Waals surface area contributed by atoms with Crippen molar-refractivity contribution in [1.29, 1.82) is 0 Å². The zero-order valence-electron chi connectivity index (χ0n) is 18.4. The molecule has 0 bridgehead atoms. The van der Waals surface area contributed by atoms with Crippen molar-refractivity contribution in [2.24, 2.45) is 0 Å². The van der Waals surface area contributed by atoms with Crippen molar-refractivity contribution in [3.8, 4) is 16.9 Å². The monoisotopic (exact) mass is 437 g/mol. The van der Waals surface area contributed by atoms with E-state index < -0.39 is 0 Å². The first kappa shape index (κ1) is 20.6. The quantitative estimate of drug-likeness (QED) is 0.305. The van der Waals surface area contributed by atoms with Crippen molar-refractivity contribution < 1.29 is 18.4 Å². The maximum Gasteiger partial charge on any atom is 0.244 e.